The van der Waals surface area contributed by atoms with Crippen molar-refractivity contribution in [2.24, 2.45) is 0 Å². The van der Waals surface area contributed by atoms with Crippen LogP contribution in [0.2, 0.25) is 0 Å². The molecule has 4 nitrogen and oxygen atoms in total. The zero-order valence-corrected chi connectivity index (χ0v) is 11.5. The van der Waals surface area contributed by atoms with E-state index < -0.39 is 0 Å². The lowest BCUT2D eigenvalue weighted by Crippen LogP contribution is -2.49. The van der Waals surface area contributed by atoms with Crippen LogP contribution in [0, 0.1) is 0 Å². The van der Waals surface area contributed by atoms with Crippen LogP contribution in [0.1, 0.15) is 20.3 Å². The quantitative estimate of drug-likeness (QED) is 0.810. The average Bonchev–Trinajstić information content (AvgIpc) is 2.75. The lowest BCUT2D eigenvalue weighted by atomic mass is 10.2. The smallest absolute Gasteiger partial charge is 0.235 e. The van der Waals surface area contributed by atoms with Gasteiger partial charge in [-0.15, -0.1) is 11.8 Å². The summed E-state index contributed by atoms with van der Waals surface area (Å²) in [4.78, 5) is 14.2. The van der Waals surface area contributed by atoms with Crippen LogP contribution in [-0.4, -0.2) is 60.2 Å². The van der Waals surface area contributed by atoms with E-state index in [1.54, 1.807) is 11.8 Å². The Kier molecular flexibility index (Phi) is 4.70. The molecule has 2 aliphatic rings. The van der Waals surface area contributed by atoms with Gasteiger partial charge in [0.05, 0.1) is 11.4 Å². The van der Waals surface area contributed by atoms with Crippen molar-refractivity contribution in [3.05, 3.63) is 0 Å². The Balaban J connectivity index is 1.81. The highest BCUT2D eigenvalue weighted by Crippen LogP contribution is 2.30. The van der Waals surface area contributed by atoms with Crippen LogP contribution in [0.15, 0.2) is 0 Å². The van der Waals surface area contributed by atoms with Crippen molar-refractivity contribution in [1.82, 2.24) is 10.2 Å². The fourth-order valence-corrected chi connectivity index (χ4v) is 3.68. The summed E-state index contributed by atoms with van der Waals surface area (Å²) in [5, 5.41) is 3.81. The molecular formula is C12H22N2O2S. The van der Waals surface area contributed by atoms with E-state index in [9.17, 15) is 4.79 Å². The summed E-state index contributed by atoms with van der Waals surface area (Å²) in [7, 11) is 0. The molecule has 0 aliphatic carbocycles. The Bertz CT molecular complexity index is 269. The molecule has 2 aliphatic heterocycles. The van der Waals surface area contributed by atoms with E-state index in [1.165, 1.54) is 0 Å². The molecule has 17 heavy (non-hydrogen) atoms. The van der Waals surface area contributed by atoms with E-state index in [0.29, 0.717) is 11.4 Å². The fourth-order valence-electron chi connectivity index (χ4n) is 2.35. The molecule has 0 bridgehead atoms. The lowest BCUT2D eigenvalue weighted by Gasteiger charge is -2.30. The van der Waals surface area contributed by atoms with Gasteiger partial charge in [0.1, 0.15) is 0 Å². The predicted molar refractivity (Wildman–Crippen MR) is 70.3 cm³/mol. The molecule has 2 saturated heterocycles. The summed E-state index contributed by atoms with van der Waals surface area (Å²) in [5.41, 5.74) is 0. The molecule has 98 valence electrons. The topological polar surface area (TPSA) is 41.6 Å². The van der Waals surface area contributed by atoms with E-state index in [4.69, 9.17) is 4.74 Å². The van der Waals surface area contributed by atoms with E-state index >= 15 is 0 Å². The number of piperazine rings is 1. The summed E-state index contributed by atoms with van der Waals surface area (Å²) in [5.74, 6) is 0.288. The first kappa shape index (κ1) is 13.2. The third-order valence-corrected chi connectivity index (χ3v) is 5.04. The van der Waals surface area contributed by atoms with Crippen molar-refractivity contribution >= 4 is 17.7 Å². The van der Waals surface area contributed by atoms with Gasteiger partial charge in [-0.05, 0) is 20.3 Å². The van der Waals surface area contributed by atoms with E-state index in [0.717, 1.165) is 39.2 Å². The molecule has 0 aromatic rings. The minimum Gasteiger partial charge on any atom is -0.377 e. The van der Waals surface area contributed by atoms with Crippen LogP contribution in [0.5, 0.6) is 0 Å². The number of hydrogen-bond acceptors (Lipinski definition) is 4. The van der Waals surface area contributed by atoms with Crippen LogP contribution in [0.25, 0.3) is 0 Å². The highest BCUT2D eigenvalue weighted by Gasteiger charge is 2.30. The third-order valence-electron chi connectivity index (χ3n) is 3.46. The van der Waals surface area contributed by atoms with Gasteiger partial charge in [-0.3, -0.25) is 4.79 Å². The zero-order valence-electron chi connectivity index (χ0n) is 10.6. The normalized spacial score (nSPS) is 31.5. The highest BCUT2D eigenvalue weighted by molar-refractivity contribution is 8.01. The van der Waals surface area contributed by atoms with Crippen LogP contribution in [0.3, 0.4) is 0 Å². The SMILES string of the molecule is CC(SC1CCOC1C)C(=O)N1CCNCC1. The largest absolute Gasteiger partial charge is 0.377 e. The molecule has 1 amide bonds. The second-order valence-electron chi connectivity index (χ2n) is 4.76. The van der Waals surface area contributed by atoms with Gasteiger partial charge in [0.2, 0.25) is 5.91 Å². The van der Waals surface area contributed by atoms with Gasteiger partial charge in [0.25, 0.3) is 0 Å². The van der Waals surface area contributed by atoms with Crippen LogP contribution >= 0.6 is 11.8 Å². The van der Waals surface area contributed by atoms with Gasteiger partial charge < -0.3 is 15.0 Å². The van der Waals surface area contributed by atoms with Crippen molar-refractivity contribution < 1.29 is 9.53 Å². The monoisotopic (exact) mass is 258 g/mol. The van der Waals surface area contributed by atoms with Crippen molar-refractivity contribution in [2.75, 3.05) is 32.8 Å². The van der Waals surface area contributed by atoms with Gasteiger partial charge in [-0.2, -0.15) is 0 Å². The van der Waals surface area contributed by atoms with E-state index in [1.807, 2.05) is 11.8 Å². The Morgan fingerprint density at radius 3 is 2.76 bits per heavy atom. The van der Waals surface area contributed by atoms with Crippen molar-refractivity contribution in [1.29, 1.82) is 0 Å². The number of thioether (sulfide) groups is 1. The molecule has 0 spiro atoms. The van der Waals surface area contributed by atoms with E-state index in [2.05, 4.69) is 12.2 Å². The van der Waals surface area contributed by atoms with Gasteiger partial charge in [0.15, 0.2) is 0 Å². The molecule has 0 aromatic carbocycles. The number of nitrogens with zero attached hydrogens (tertiary/aromatic N) is 1. The number of carbonyl (C=O) groups excluding carboxylic acids is 1. The second-order valence-corrected chi connectivity index (χ2v) is 6.34. The minimum absolute atomic E-state index is 0.0576. The van der Waals surface area contributed by atoms with Crippen molar-refractivity contribution in [3.63, 3.8) is 0 Å². The van der Waals surface area contributed by atoms with Gasteiger partial charge in [-0.1, -0.05) is 0 Å². The minimum atomic E-state index is 0.0576. The Labute approximate surface area is 107 Å². The summed E-state index contributed by atoms with van der Waals surface area (Å²) in [6, 6.07) is 0. The summed E-state index contributed by atoms with van der Waals surface area (Å²) < 4.78 is 5.54. The maximum absolute atomic E-state index is 12.2. The molecular weight excluding hydrogens is 236 g/mol. The fraction of sp³-hybridized carbons (Fsp3) is 0.917. The number of rotatable bonds is 3. The summed E-state index contributed by atoms with van der Waals surface area (Å²) in [6.45, 7) is 8.51. The number of ether oxygens (including phenoxy) is 1. The van der Waals surface area contributed by atoms with Gasteiger partial charge >= 0.3 is 0 Å². The van der Waals surface area contributed by atoms with Crippen molar-refractivity contribution in [2.45, 2.75) is 36.9 Å². The molecule has 3 unspecified atom stereocenters. The number of hydrogen-bond donors (Lipinski definition) is 1. The summed E-state index contributed by atoms with van der Waals surface area (Å²) in [6.07, 6.45) is 1.36. The first-order valence-electron chi connectivity index (χ1n) is 6.45. The molecule has 5 heteroatoms. The van der Waals surface area contributed by atoms with E-state index in [-0.39, 0.29) is 11.2 Å². The maximum atomic E-state index is 12.2. The molecule has 3 atom stereocenters. The maximum Gasteiger partial charge on any atom is 0.235 e. The molecule has 2 heterocycles. The predicted octanol–water partition coefficient (Wildman–Crippen LogP) is 0.717. The number of carbonyl (C=O) groups is 1. The van der Waals surface area contributed by atoms with Gasteiger partial charge in [-0.25, -0.2) is 0 Å². The molecule has 2 fully saturated rings. The Morgan fingerprint density at radius 2 is 2.18 bits per heavy atom. The van der Waals surface area contributed by atoms with Crippen LogP contribution in [0.4, 0.5) is 0 Å². The molecule has 2 rings (SSSR count). The first-order chi connectivity index (χ1) is 8.18. The Hall–Kier alpha value is -0.260. The highest BCUT2D eigenvalue weighted by atomic mass is 32.2. The van der Waals surface area contributed by atoms with Crippen LogP contribution in [-0.2, 0) is 9.53 Å². The molecule has 1 N–H and O–H groups in total. The van der Waals surface area contributed by atoms with Crippen LogP contribution < -0.4 is 5.32 Å². The molecule has 0 aromatic heterocycles. The molecule has 0 saturated carbocycles. The molecule has 0 radical (unpaired) electrons. The number of nitrogens with one attached hydrogen (secondary N) is 1. The average molecular weight is 258 g/mol. The standard InChI is InChI=1S/C12H22N2O2S/c1-9-11(3-8-16-9)17-10(2)12(15)14-6-4-13-5-7-14/h9-11,13H,3-8H2,1-2H3. The summed E-state index contributed by atoms with van der Waals surface area (Å²) >= 11 is 1.78. The first-order valence-corrected chi connectivity index (χ1v) is 7.39. The Morgan fingerprint density at radius 1 is 1.47 bits per heavy atom. The second kappa shape index (κ2) is 6.07. The number of amides is 1. The van der Waals surface area contributed by atoms with Gasteiger partial charge in [0, 0.05) is 38.0 Å². The lowest BCUT2D eigenvalue weighted by molar-refractivity contribution is -0.130. The van der Waals surface area contributed by atoms with Crippen molar-refractivity contribution in [3.8, 4) is 0 Å². The zero-order chi connectivity index (χ0) is 12.3. The third kappa shape index (κ3) is 3.36.